The lowest BCUT2D eigenvalue weighted by Crippen LogP contribution is -2.24. The Morgan fingerprint density at radius 2 is 2.11 bits per heavy atom. The van der Waals surface area contributed by atoms with Gasteiger partial charge in [-0.3, -0.25) is 9.78 Å². The Balaban J connectivity index is 1.49. The van der Waals surface area contributed by atoms with Gasteiger partial charge in [0.25, 0.3) is 0 Å². The van der Waals surface area contributed by atoms with Crippen molar-refractivity contribution in [3.8, 4) is 11.4 Å². The van der Waals surface area contributed by atoms with Crippen molar-refractivity contribution in [2.45, 2.75) is 25.7 Å². The predicted molar refractivity (Wildman–Crippen MR) is 102 cm³/mol. The van der Waals surface area contributed by atoms with Crippen LogP contribution in [0.15, 0.2) is 65.5 Å². The van der Waals surface area contributed by atoms with Gasteiger partial charge >= 0.3 is 0 Å². The van der Waals surface area contributed by atoms with E-state index in [-0.39, 0.29) is 11.8 Å². The van der Waals surface area contributed by atoms with Crippen molar-refractivity contribution < 1.29 is 9.32 Å². The number of nitrogens with zero attached hydrogens (tertiary/aromatic N) is 3. The molecule has 0 saturated heterocycles. The summed E-state index contributed by atoms with van der Waals surface area (Å²) >= 11 is 0. The van der Waals surface area contributed by atoms with Gasteiger partial charge in [-0.1, -0.05) is 35.5 Å². The number of para-hydroxylation sites is 1. The monoisotopic (exact) mass is 360 g/mol. The number of pyridine rings is 1. The van der Waals surface area contributed by atoms with E-state index in [1.807, 2.05) is 36.4 Å². The van der Waals surface area contributed by atoms with E-state index in [0.29, 0.717) is 18.1 Å². The van der Waals surface area contributed by atoms with Gasteiger partial charge in [-0.2, -0.15) is 4.98 Å². The maximum atomic E-state index is 12.6. The van der Waals surface area contributed by atoms with Crippen LogP contribution in [0, 0.1) is 5.92 Å². The van der Waals surface area contributed by atoms with Crippen molar-refractivity contribution >= 4 is 11.6 Å². The number of allylic oxidation sites excluding steroid dienone is 2. The highest BCUT2D eigenvalue weighted by atomic mass is 16.5. The molecule has 6 heteroatoms. The van der Waals surface area contributed by atoms with Gasteiger partial charge in [0, 0.05) is 29.6 Å². The molecule has 1 N–H and O–H groups in total. The quantitative estimate of drug-likeness (QED) is 0.695. The molecule has 1 unspecified atom stereocenters. The van der Waals surface area contributed by atoms with E-state index >= 15 is 0 Å². The van der Waals surface area contributed by atoms with Crippen LogP contribution >= 0.6 is 0 Å². The minimum absolute atomic E-state index is 0.0312. The molecule has 3 aromatic rings. The lowest BCUT2D eigenvalue weighted by atomic mass is 9.93. The smallest absolute Gasteiger partial charge is 0.231 e. The minimum Gasteiger partial charge on any atom is -0.339 e. The summed E-state index contributed by atoms with van der Waals surface area (Å²) in [7, 11) is 0. The van der Waals surface area contributed by atoms with Gasteiger partial charge in [0.15, 0.2) is 0 Å². The molecule has 1 aromatic carbocycles. The average molecular weight is 360 g/mol. The zero-order chi connectivity index (χ0) is 18.5. The lowest BCUT2D eigenvalue weighted by Gasteiger charge is -2.18. The summed E-state index contributed by atoms with van der Waals surface area (Å²) in [6.07, 6.45) is 10.7. The Morgan fingerprint density at radius 1 is 1.19 bits per heavy atom. The number of aromatic nitrogens is 3. The number of rotatable bonds is 5. The second kappa shape index (κ2) is 7.95. The van der Waals surface area contributed by atoms with Crippen LogP contribution in [0.3, 0.4) is 0 Å². The summed E-state index contributed by atoms with van der Waals surface area (Å²) in [6, 6.07) is 11.4. The zero-order valence-electron chi connectivity index (χ0n) is 14.8. The largest absolute Gasteiger partial charge is 0.339 e. The molecule has 0 spiro atoms. The maximum absolute atomic E-state index is 12.6. The molecule has 0 aliphatic heterocycles. The molecule has 0 saturated carbocycles. The Bertz CT molecular complexity index is 950. The highest BCUT2D eigenvalue weighted by Gasteiger charge is 2.20. The minimum atomic E-state index is 0.0312. The Hall–Kier alpha value is -3.28. The zero-order valence-corrected chi connectivity index (χ0v) is 14.8. The normalized spacial score (nSPS) is 16.2. The van der Waals surface area contributed by atoms with Crippen LogP contribution in [-0.4, -0.2) is 21.0 Å². The van der Waals surface area contributed by atoms with E-state index in [0.717, 1.165) is 36.1 Å². The summed E-state index contributed by atoms with van der Waals surface area (Å²) < 4.78 is 5.39. The van der Waals surface area contributed by atoms with Crippen LogP contribution < -0.4 is 5.32 Å². The van der Waals surface area contributed by atoms with Crippen LogP contribution in [0.1, 0.15) is 30.7 Å². The molecule has 6 nitrogen and oxygen atoms in total. The van der Waals surface area contributed by atoms with E-state index in [1.54, 1.807) is 12.4 Å². The number of anilines is 1. The Morgan fingerprint density at radius 3 is 2.93 bits per heavy atom. The third-order valence-electron chi connectivity index (χ3n) is 4.64. The van der Waals surface area contributed by atoms with Crippen molar-refractivity contribution in [2.75, 3.05) is 5.32 Å². The van der Waals surface area contributed by atoms with Crippen LogP contribution in [0.2, 0.25) is 0 Å². The Kier molecular flexibility index (Phi) is 5.05. The highest BCUT2D eigenvalue weighted by Crippen LogP contribution is 2.24. The first-order valence-electron chi connectivity index (χ1n) is 9.06. The summed E-state index contributed by atoms with van der Waals surface area (Å²) in [5, 5.41) is 7.09. The van der Waals surface area contributed by atoms with Gasteiger partial charge in [-0.25, -0.2) is 0 Å². The van der Waals surface area contributed by atoms with Crippen molar-refractivity contribution in [2.24, 2.45) is 5.92 Å². The number of carbonyl (C=O) groups excluding carboxylic acids is 1. The molecule has 0 bridgehead atoms. The number of hydrogen-bond donors (Lipinski definition) is 1. The molecule has 0 radical (unpaired) electrons. The highest BCUT2D eigenvalue weighted by molar-refractivity contribution is 5.93. The summed E-state index contributed by atoms with van der Waals surface area (Å²) in [5.41, 5.74) is 2.54. The van der Waals surface area contributed by atoms with Crippen molar-refractivity contribution in [3.63, 3.8) is 0 Å². The summed E-state index contributed by atoms with van der Waals surface area (Å²) in [5.74, 6) is 1.10. The molecule has 2 heterocycles. The molecule has 0 fully saturated rings. The standard InChI is InChI=1S/C21H20N4O2/c26-21(15-7-2-1-3-8-15)23-18-11-5-4-9-16(18)13-19-24-20(25-27-19)17-10-6-12-22-14-17/h1-2,4-6,9-12,14-15H,3,7-8,13H2,(H,23,26). The second-order valence-electron chi connectivity index (χ2n) is 6.56. The van der Waals surface area contributed by atoms with Crippen LogP contribution in [0.5, 0.6) is 0 Å². The van der Waals surface area contributed by atoms with Gasteiger partial charge in [-0.15, -0.1) is 0 Å². The molecule has 4 rings (SSSR count). The molecule has 1 atom stereocenters. The summed E-state index contributed by atoms with van der Waals surface area (Å²) in [6.45, 7) is 0. The fourth-order valence-corrected chi connectivity index (χ4v) is 3.16. The van der Waals surface area contributed by atoms with E-state index in [9.17, 15) is 4.79 Å². The summed E-state index contributed by atoms with van der Waals surface area (Å²) in [4.78, 5) is 21.1. The number of carbonyl (C=O) groups is 1. The van der Waals surface area contributed by atoms with E-state index in [4.69, 9.17) is 4.52 Å². The first-order chi connectivity index (χ1) is 13.3. The third-order valence-corrected chi connectivity index (χ3v) is 4.64. The van der Waals surface area contributed by atoms with Crippen LogP contribution in [-0.2, 0) is 11.2 Å². The van der Waals surface area contributed by atoms with Gasteiger partial charge in [0.05, 0.1) is 6.42 Å². The SMILES string of the molecule is O=C(Nc1ccccc1Cc1nc(-c2cccnc2)no1)C1CC=CCC1. The molecule has 1 aliphatic carbocycles. The molecular formula is C21H20N4O2. The fraction of sp³-hybridized carbons (Fsp3) is 0.238. The molecular weight excluding hydrogens is 340 g/mol. The molecule has 2 aromatic heterocycles. The fourth-order valence-electron chi connectivity index (χ4n) is 3.16. The van der Waals surface area contributed by atoms with Crippen LogP contribution in [0.25, 0.3) is 11.4 Å². The number of nitrogens with one attached hydrogen (secondary N) is 1. The van der Waals surface area contributed by atoms with Gasteiger partial charge < -0.3 is 9.84 Å². The first-order valence-corrected chi connectivity index (χ1v) is 9.06. The van der Waals surface area contributed by atoms with E-state index < -0.39 is 0 Å². The van der Waals surface area contributed by atoms with Crippen molar-refractivity contribution in [3.05, 3.63) is 72.4 Å². The molecule has 136 valence electrons. The van der Waals surface area contributed by atoms with Crippen molar-refractivity contribution in [1.82, 2.24) is 15.1 Å². The van der Waals surface area contributed by atoms with Gasteiger partial charge in [0.2, 0.25) is 17.6 Å². The van der Waals surface area contributed by atoms with Crippen LogP contribution in [0.4, 0.5) is 5.69 Å². The van der Waals surface area contributed by atoms with E-state index in [1.165, 1.54) is 0 Å². The van der Waals surface area contributed by atoms with Crippen molar-refractivity contribution in [1.29, 1.82) is 0 Å². The Labute approximate surface area is 157 Å². The van der Waals surface area contributed by atoms with E-state index in [2.05, 4.69) is 32.6 Å². The topological polar surface area (TPSA) is 80.9 Å². The second-order valence-corrected chi connectivity index (χ2v) is 6.56. The van der Waals surface area contributed by atoms with Gasteiger partial charge in [-0.05, 0) is 43.0 Å². The molecule has 1 amide bonds. The maximum Gasteiger partial charge on any atom is 0.231 e. The number of amides is 1. The molecule has 27 heavy (non-hydrogen) atoms. The first kappa shape index (κ1) is 17.1. The third kappa shape index (κ3) is 4.11. The molecule has 1 aliphatic rings. The number of hydrogen-bond acceptors (Lipinski definition) is 5. The average Bonchev–Trinajstić information content (AvgIpc) is 3.19. The lowest BCUT2D eigenvalue weighted by molar-refractivity contribution is -0.120. The van der Waals surface area contributed by atoms with Gasteiger partial charge in [0.1, 0.15) is 0 Å². The number of benzene rings is 1. The predicted octanol–water partition coefficient (Wildman–Crippen LogP) is 4.02.